The first-order chi connectivity index (χ1) is 9.08. The van der Waals surface area contributed by atoms with Gasteiger partial charge in [0.1, 0.15) is 6.04 Å². The van der Waals surface area contributed by atoms with E-state index in [0.717, 1.165) is 5.69 Å². The fourth-order valence-corrected chi connectivity index (χ4v) is 1.85. The van der Waals surface area contributed by atoms with E-state index in [9.17, 15) is 14.4 Å². The Bertz CT molecular complexity index is 501. The second kappa shape index (κ2) is 5.51. The van der Waals surface area contributed by atoms with Crippen molar-refractivity contribution in [3.8, 4) is 0 Å². The van der Waals surface area contributed by atoms with E-state index in [4.69, 9.17) is 0 Å². The first-order valence-corrected chi connectivity index (χ1v) is 6.01. The third kappa shape index (κ3) is 3.09. The lowest BCUT2D eigenvalue weighted by Gasteiger charge is -2.25. The highest BCUT2D eigenvalue weighted by Gasteiger charge is 2.28. The summed E-state index contributed by atoms with van der Waals surface area (Å²) in [6, 6.07) is 8.07. The van der Waals surface area contributed by atoms with Gasteiger partial charge in [-0.05, 0) is 18.6 Å². The SMILES string of the molecule is CN(C(=O)NC1CCC(=O)NC1=O)c1ccccc1. The fourth-order valence-electron chi connectivity index (χ4n) is 1.85. The topological polar surface area (TPSA) is 78.5 Å². The van der Waals surface area contributed by atoms with Crippen molar-refractivity contribution >= 4 is 23.5 Å². The monoisotopic (exact) mass is 261 g/mol. The molecular weight excluding hydrogens is 246 g/mol. The Morgan fingerprint density at radius 2 is 2.00 bits per heavy atom. The Labute approximate surface area is 110 Å². The van der Waals surface area contributed by atoms with Crippen LogP contribution in [0.2, 0.25) is 0 Å². The van der Waals surface area contributed by atoms with Crippen LogP contribution >= 0.6 is 0 Å². The van der Waals surface area contributed by atoms with Crippen molar-refractivity contribution in [3.63, 3.8) is 0 Å². The minimum absolute atomic E-state index is 0.242. The summed E-state index contributed by atoms with van der Waals surface area (Å²) in [6.07, 6.45) is 0.574. The number of anilines is 1. The summed E-state index contributed by atoms with van der Waals surface area (Å²) in [7, 11) is 1.62. The van der Waals surface area contributed by atoms with Crippen LogP contribution in [0.25, 0.3) is 0 Å². The number of imide groups is 1. The van der Waals surface area contributed by atoms with Gasteiger partial charge >= 0.3 is 6.03 Å². The van der Waals surface area contributed by atoms with E-state index in [2.05, 4.69) is 10.6 Å². The number of amides is 4. The van der Waals surface area contributed by atoms with Gasteiger partial charge in [-0.25, -0.2) is 4.79 Å². The number of carbonyl (C=O) groups excluding carboxylic acids is 3. The molecule has 0 aromatic heterocycles. The minimum Gasteiger partial charge on any atom is -0.326 e. The highest BCUT2D eigenvalue weighted by Crippen LogP contribution is 2.12. The molecule has 1 aromatic rings. The van der Waals surface area contributed by atoms with Crippen LogP contribution in [-0.2, 0) is 9.59 Å². The predicted octanol–water partition coefficient (Wildman–Crippen LogP) is 0.638. The highest BCUT2D eigenvalue weighted by molar-refractivity contribution is 6.02. The molecule has 0 radical (unpaired) electrons. The molecule has 100 valence electrons. The lowest BCUT2D eigenvalue weighted by Crippen LogP contribution is -2.54. The van der Waals surface area contributed by atoms with Crippen molar-refractivity contribution in [1.82, 2.24) is 10.6 Å². The van der Waals surface area contributed by atoms with Crippen molar-refractivity contribution in [2.45, 2.75) is 18.9 Å². The van der Waals surface area contributed by atoms with Crippen molar-refractivity contribution in [3.05, 3.63) is 30.3 Å². The van der Waals surface area contributed by atoms with E-state index in [0.29, 0.717) is 6.42 Å². The lowest BCUT2D eigenvalue weighted by atomic mass is 10.1. The summed E-state index contributed by atoms with van der Waals surface area (Å²) >= 11 is 0. The smallest absolute Gasteiger partial charge is 0.322 e. The standard InChI is InChI=1S/C13H15N3O3/c1-16(9-5-3-2-4-6-9)13(19)14-10-7-8-11(17)15-12(10)18/h2-6,10H,7-8H2,1H3,(H,14,19)(H,15,17,18). The number of para-hydroxylation sites is 1. The number of nitrogens with one attached hydrogen (secondary N) is 2. The summed E-state index contributed by atoms with van der Waals surface area (Å²) in [5, 5.41) is 4.81. The third-order valence-electron chi connectivity index (χ3n) is 2.99. The predicted molar refractivity (Wildman–Crippen MR) is 69.5 cm³/mol. The van der Waals surface area contributed by atoms with Crippen molar-refractivity contribution in [2.24, 2.45) is 0 Å². The van der Waals surface area contributed by atoms with Crippen LogP contribution in [0.15, 0.2) is 30.3 Å². The summed E-state index contributed by atoms with van der Waals surface area (Å²) in [5.41, 5.74) is 0.729. The van der Waals surface area contributed by atoms with Crippen LogP contribution in [-0.4, -0.2) is 30.9 Å². The molecule has 1 aromatic carbocycles. The van der Waals surface area contributed by atoms with Gasteiger partial charge in [0.05, 0.1) is 0 Å². The molecule has 6 nitrogen and oxygen atoms in total. The first kappa shape index (κ1) is 13.1. The van der Waals surface area contributed by atoms with E-state index in [-0.39, 0.29) is 18.4 Å². The molecule has 1 heterocycles. The molecule has 19 heavy (non-hydrogen) atoms. The van der Waals surface area contributed by atoms with E-state index >= 15 is 0 Å². The van der Waals surface area contributed by atoms with E-state index < -0.39 is 11.9 Å². The number of hydrogen-bond acceptors (Lipinski definition) is 3. The molecule has 1 unspecified atom stereocenters. The Kier molecular flexibility index (Phi) is 3.79. The largest absolute Gasteiger partial charge is 0.326 e. The van der Waals surface area contributed by atoms with Crippen molar-refractivity contribution < 1.29 is 14.4 Å². The number of hydrogen-bond donors (Lipinski definition) is 2. The molecule has 0 bridgehead atoms. The number of nitrogens with zero attached hydrogens (tertiary/aromatic N) is 1. The Hall–Kier alpha value is -2.37. The zero-order chi connectivity index (χ0) is 13.8. The second-order valence-electron chi connectivity index (χ2n) is 4.35. The third-order valence-corrected chi connectivity index (χ3v) is 2.99. The Morgan fingerprint density at radius 1 is 1.32 bits per heavy atom. The molecule has 1 saturated heterocycles. The van der Waals surface area contributed by atoms with Crippen LogP contribution in [0.1, 0.15) is 12.8 Å². The van der Waals surface area contributed by atoms with Gasteiger partial charge in [0.15, 0.2) is 0 Å². The molecule has 0 aliphatic carbocycles. The Morgan fingerprint density at radius 3 is 2.63 bits per heavy atom. The van der Waals surface area contributed by atoms with Crippen LogP contribution in [0.3, 0.4) is 0 Å². The molecule has 1 atom stereocenters. The number of rotatable bonds is 2. The summed E-state index contributed by atoms with van der Waals surface area (Å²) in [4.78, 5) is 35.9. The minimum atomic E-state index is -0.656. The second-order valence-corrected chi connectivity index (χ2v) is 4.35. The van der Waals surface area contributed by atoms with Crippen molar-refractivity contribution in [2.75, 3.05) is 11.9 Å². The van der Waals surface area contributed by atoms with Gasteiger partial charge < -0.3 is 5.32 Å². The van der Waals surface area contributed by atoms with Gasteiger partial charge in [-0.2, -0.15) is 0 Å². The molecule has 2 rings (SSSR count). The highest BCUT2D eigenvalue weighted by atomic mass is 16.2. The first-order valence-electron chi connectivity index (χ1n) is 6.01. The number of piperidine rings is 1. The van der Waals surface area contributed by atoms with Crippen molar-refractivity contribution in [1.29, 1.82) is 0 Å². The van der Waals surface area contributed by atoms with Gasteiger partial charge in [0.2, 0.25) is 11.8 Å². The fraction of sp³-hybridized carbons (Fsp3) is 0.308. The molecular formula is C13H15N3O3. The summed E-state index contributed by atoms with van der Waals surface area (Å²) in [5.74, 6) is -0.752. The molecule has 1 aliphatic heterocycles. The van der Waals surface area contributed by atoms with E-state index in [1.807, 2.05) is 18.2 Å². The van der Waals surface area contributed by atoms with E-state index in [1.165, 1.54) is 4.90 Å². The molecule has 1 fully saturated rings. The normalized spacial score (nSPS) is 18.7. The molecule has 1 aliphatic rings. The van der Waals surface area contributed by atoms with Gasteiger partial charge in [-0.15, -0.1) is 0 Å². The number of benzene rings is 1. The molecule has 0 saturated carbocycles. The quantitative estimate of drug-likeness (QED) is 0.767. The molecule has 6 heteroatoms. The number of urea groups is 1. The maximum absolute atomic E-state index is 12.0. The zero-order valence-electron chi connectivity index (χ0n) is 10.6. The average Bonchev–Trinajstić information content (AvgIpc) is 2.42. The average molecular weight is 261 g/mol. The summed E-state index contributed by atoms with van der Waals surface area (Å²) < 4.78 is 0. The molecule has 2 N–H and O–H groups in total. The van der Waals surface area contributed by atoms with Gasteiger partial charge in [-0.3, -0.25) is 19.8 Å². The van der Waals surface area contributed by atoms with Gasteiger partial charge in [0, 0.05) is 19.2 Å². The number of carbonyl (C=O) groups is 3. The van der Waals surface area contributed by atoms with Crippen LogP contribution in [0.5, 0.6) is 0 Å². The molecule has 0 spiro atoms. The van der Waals surface area contributed by atoms with Crippen LogP contribution in [0, 0.1) is 0 Å². The maximum atomic E-state index is 12.0. The van der Waals surface area contributed by atoms with Gasteiger partial charge in [0.25, 0.3) is 0 Å². The lowest BCUT2D eigenvalue weighted by molar-refractivity contribution is -0.134. The van der Waals surface area contributed by atoms with Crippen LogP contribution in [0.4, 0.5) is 10.5 Å². The van der Waals surface area contributed by atoms with E-state index in [1.54, 1.807) is 19.2 Å². The molecule has 4 amide bonds. The maximum Gasteiger partial charge on any atom is 0.322 e. The van der Waals surface area contributed by atoms with Gasteiger partial charge in [-0.1, -0.05) is 18.2 Å². The summed E-state index contributed by atoms with van der Waals surface area (Å²) in [6.45, 7) is 0. The Balaban J connectivity index is 1.98. The zero-order valence-corrected chi connectivity index (χ0v) is 10.6. The van der Waals surface area contributed by atoms with Crippen LogP contribution < -0.4 is 15.5 Å².